The molecule has 2 fully saturated rings. The van der Waals surface area contributed by atoms with Crippen molar-refractivity contribution in [3.05, 3.63) is 44.3 Å². The number of carbonyl (C=O) groups is 1. The molecule has 2 heterocycles. The van der Waals surface area contributed by atoms with Crippen LogP contribution in [-0.2, 0) is 4.74 Å². The highest BCUT2D eigenvalue weighted by molar-refractivity contribution is 7.09. The molecule has 0 spiro atoms. The van der Waals surface area contributed by atoms with Crippen molar-refractivity contribution in [3.8, 4) is 5.75 Å². The molecule has 1 saturated carbocycles. The van der Waals surface area contributed by atoms with Crippen LogP contribution in [-0.4, -0.2) is 40.0 Å². The Bertz CT molecular complexity index is 856. The van der Waals surface area contributed by atoms with E-state index in [1.54, 1.807) is 18.2 Å². The minimum atomic E-state index is -1.04. The molecular formula is C19H19Cl2NO5S. The van der Waals surface area contributed by atoms with Gasteiger partial charge in [0, 0.05) is 27.8 Å². The number of rotatable bonds is 5. The van der Waals surface area contributed by atoms with Crippen molar-refractivity contribution in [1.82, 2.24) is 4.98 Å². The molecule has 1 aromatic carbocycles. The lowest BCUT2D eigenvalue weighted by molar-refractivity contribution is -0.0811. The van der Waals surface area contributed by atoms with Gasteiger partial charge in [0.2, 0.25) is 0 Å². The van der Waals surface area contributed by atoms with E-state index in [1.807, 2.05) is 0 Å². The van der Waals surface area contributed by atoms with Crippen LogP contribution in [0.2, 0.25) is 10.0 Å². The van der Waals surface area contributed by atoms with Crippen LogP contribution in [0.15, 0.2) is 23.6 Å². The van der Waals surface area contributed by atoms with E-state index < -0.39 is 12.1 Å². The number of carboxylic acids is 1. The van der Waals surface area contributed by atoms with E-state index in [9.17, 15) is 9.90 Å². The number of nitrogens with zero attached hydrogens (tertiary/aromatic N) is 1. The molecule has 0 amide bonds. The summed E-state index contributed by atoms with van der Waals surface area (Å²) in [5.74, 6) is -0.327. The summed E-state index contributed by atoms with van der Waals surface area (Å²) in [6.07, 6.45) is 1.29. The number of hydrogen-bond acceptors (Lipinski definition) is 6. The van der Waals surface area contributed by atoms with Crippen molar-refractivity contribution in [1.29, 1.82) is 0 Å². The molecule has 1 aliphatic heterocycles. The molecule has 9 heteroatoms. The second-order valence-corrected chi connectivity index (χ2v) is 8.93. The summed E-state index contributed by atoms with van der Waals surface area (Å²) >= 11 is 13.3. The Morgan fingerprint density at radius 3 is 2.71 bits per heavy atom. The van der Waals surface area contributed by atoms with Crippen LogP contribution in [0.1, 0.15) is 40.9 Å². The van der Waals surface area contributed by atoms with Gasteiger partial charge >= 0.3 is 5.97 Å². The SMILES string of the molecule is O=C(O)c1csc([C@H]2CC[C@@H]3[C@@H](COc4cc(Cl)cc(Cl)c4)[C@H](O)C[C@@H]3O2)n1. The van der Waals surface area contributed by atoms with Crippen molar-refractivity contribution in [3.63, 3.8) is 0 Å². The van der Waals surface area contributed by atoms with Crippen LogP contribution in [0, 0.1) is 11.8 Å². The van der Waals surface area contributed by atoms with Crippen LogP contribution < -0.4 is 4.74 Å². The Morgan fingerprint density at radius 1 is 1.29 bits per heavy atom. The predicted octanol–water partition coefficient (Wildman–Crippen LogP) is 4.44. The summed E-state index contributed by atoms with van der Waals surface area (Å²) in [6, 6.07) is 5.03. The number of hydrogen-bond donors (Lipinski definition) is 2. The standard InChI is InChI=1S/C19H19Cl2NO5S/c20-9-3-10(21)5-11(4-9)26-7-13-12-1-2-16(27-17(12)6-15(13)23)18-22-14(8-28-18)19(24)25/h3-5,8,12-13,15-17,23H,1-2,6-7H2,(H,24,25)/t12-,13-,15-,16-,17+/m1/s1. The Morgan fingerprint density at radius 2 is 2.04 bits per heavy atom. The molecule has 5 atom stereocenters. The first-order valence-corrected chi connectivity index (χ1v) is 10.7. The van der Waals surface area contributed by atoms with E-state index in [2.05, 4.69) is 4.98 Å². The minimum Gasteiger partial charge on any atom is -0.493 e. The summed E-state index contributed by atoms with van der Waals surface area (Å²) in [5.41, 5.74) is 0.0450. The number of benzene rings is 1. The third-order valence-electron chi connectivity index (χ3n) is 5.39. The first-order valence-electron chi connectivity index (χ1n) is 9.02. The topological polar surface area (TPSA) is 88.9 Å². The fourth-order valence-electron chi connectivity index (χ4n) is 4.08. The Labute approximate surface area is 176 Å². The lowest BCUT2D eigenvalue weighted by Gasteiger charge is -2.33. The molecule has 2 aromatic rings. The largest absolute Gasteiger partial charge is 0.493 e. The van der Waals surface area contributed by atoms with Gasteiger partial charge in [-0.25, -0.2) is 9.78 Å². The highest BCUT2D eigenvalue weighted by Crippen LogP contribution is 2.46. The van der Waals surface area contributed by atoms with Gasteiger partial charge in [-0.15, -0.1) is 11.3 Å². The zero-order chi connectivity index (χ0) is 19.8. The van der Waals surface area contributed by atoms with Gasteiger partial charge in [0.05, 0.1) is 18.8 Å². The van der Waals surface area contributed by atoms with Gasteiger partial charge in [-0.2, -0.15) is 0 Å². The van der Waals surface area contributed by atoms with Crippen molar-refractivity contribution < 1.29 is 24.5 Å². The number of aromatic nitrogens is 1. The molecule has 1 aromatic heterocycles. The lowest BCUT2D eigenvalue weighted by atomic mass is 9.87. The van der Waals surface area contributed by atoms with Crippen LogP contribution in [0.4, 0.5) is 0 Å². The molecular weight excluding hydrogens is 425 g/mol. The number of carboxylic acid groups (broad SMARTS) is 1. The molecule has 6 nitrogen and oxygen atoms in total. The molecule has 0 radical (unpaired) electrons. The second kappa shape index (κ2) is 8.16. The van der Waals surface area contributed by atoms with E-state index >= 15 is 0 Å². The average Bonchev–Trinajstić information content (AvgIpc) is 3.23. The zero-order valence-corrected chi connectivity index (χ0v) is 17.1. The summed E-state index contributed by atoms with van der Waals surface area (Å²) < 4.78 is 12.0. The number of halogens is 2. The number of ether oxygens (including phenoxy) is 2. The van der Waals surface area contributed by atoms with Crippen molar-refractivity contribution in [2.45, 2.75) is 37.6 Å². The van der Waals surface area contributed by atoms with Gasteiger partial charge in [-0.05, 0) is 37.0 Å². The fourth-order valence-corrected chi connectivity index (χ4v) is 5.45. The molecule has 0 unspecified atom stereocenters. The number of fused-ring (bicyclic) bond motifs is 1. The zero-order valence-electron chi connectivity index (χ0n) is 14.8. The van der Waals surface area contributed by atoms with Crippen LogP contribution >= 0.6 is 34.5 Å². The van der Waals surface area contributed by atoms with E-state index in [1.165, 1.54) is 16.7 Å². The Kier molecular flexibility index (Phi) is 5.81. The predicted molar refractivity (Wildman–Crippen MR) is 105 cm³/mol. The lowest BCUT2D eigenvalue weighted by Crippen LogP contribution is -2.33. The van der Waals surface area contributed by atoms with Gasteiger partial charge in [0.1, 0.15) is 16.9 Å². The highest BCUT2D eigenvalue weighted by atomic mass is 35.5. The van der Waals surface area contributed by atoms with Gasteiger partial charge in [0.15, 0.2) is 5.69 Å². The quantitative estimate of drug-likeness (QED) is 0.709. The number of aliphatic hydroxyl groups excluding tert-OH is 1. The van der Waals surface area contributed by atoms with Crippen LogP contribution in [0.25, 0.3) is 0 Å². The fraction of sp³-hybridized carbons (Fsp3) is 0.474. The molecule has 1 saturated heterocycles. The normalized spacial score (nSPS) is 29.5. The first-order chi connectivity index (χ1) is 13.4. The highest BCUT2D eigenvalue weighted by Gasteiger charge is 2.47. The van der Waals surface area contributed by atoms with Gasteiger partial charge in [-0.1, -0.05) is 23.2 Å². The smallest absolute Gasteiger partial charge is 0.355 e. The van der Waals surface area contributed by atoms with E-state index in [-0.39, 0.29) is 29.7 Å². The summed E-state index contributed by atoms with van der Waals surface area (Å²) in [5, 5.41) is 22.8. The van der Waals surface area contributed by atoms with Crippen LogP contribution in [0.3, 0.4) is 0 Å². The van der Waals surface area contributed by atoms with Crippen LogP contribution in [0.5, 0.6) is 5.75 Å². The molecule has 2 N–H and O–H groups in total. The molecule has 1 aliphatic carbocycles. The van der Waals surface area contributed by atoms with Gasteiger partial charge in [-0.3, -0.25) is 0 Å². The molecule has 150 valence electrons. The summed E-state index contributed by atoms with van der Waals surface area (Å²) in [7, 11) is 0. The summed E-state index contributed by atoms with van der Waals surface area (Å²) in [6.45, 7) is 0.355. The third kappa shape index (κ3) is 4.14. The Balaban J connectivity index is 1.39. The van der Waals surface area contributed by atoms with Gasteiger partial charge < -0.3 is 19.7 Å². The molecule has 28 heavy (non-hydrogen) atoms. The molecule has 0 bridgehead atoms. The second-order valence-electron chi connectivity index (χ2n) is 7.16. The number of aliphatic hydroxyl groups is 1. The van der Waals surface area contributed by atoms with Crippen molar-refractivity contribution in [2.75, 3.05) is 6.61 Å². The van der Waals surface area contributed by atoms with E-state index in [0.717, 1.165) is 12.8 Å². The molecule has 4 rings (SSSR count). The average molecular weight is 444 g/mol. The maximum absolute atomic E-state index is 11.0. The maximum atomic E-state index is 11.0. The maximum Gasteiger partial charge on any atom is 0.355 e. The van der Waals surface area contributed by atoms with Crippen molar-refractivity contribution in [2.24, 2.45) is 11.8 Å². The first kappa shape index (κ1) is 19.9. The minimum absolute atomic E-state index is 0.0450. The Hall–Kier alpha value is -1.38. The van der Waals surface area contributed by atoms with E-state index in [0.29, 0.717) is 33.8 Å². The third-order valence-corrected chi connectivity index (χ3v) is 6.76. The van der Waals surface area contributed by atoms with E-state index in [4.69, 9.17) is 37.8 Å². The monoisotopic (exact) mass is 443 g/mol. The van der Waals surface area contributed by atoms with Gasteiger partial charge in [0.25, 0.3) is 0 Å². The molecule has 2 aliphatic rings. The number of thiazole rings is 1. The summed E-state index contributed by atoms with van der Waals surface area (Å²) in [4.78, 5) is 15.2. The van der Waals surface area contributed by atoms with Crippen molar-refractivity contribution >= 4 is 40.5 Å². The number of aromatic carboxylic acids is 1.